The first kappa shape index (κ1) is 19.3. The van der Waals surface area contributed by atoms with Gasteiger partial charge in [-0.1, -0.05) is 12.1 Å². The number of halogens is 3. The normalized spacial score (nSPS) is 13.7. The van der Waals surface area contributed by atoms with Gasteiger partial charge in [0.15, 0.2) is 5.69 Å². The van der Waals surface area contributed by atoms with E-state index in [2.05, 4.69) is 15.6 Å². The monoisotopic (exact) mass is 370 g/mol. The van der Waals surface area contributed by atoms with E-state index in [9.17, 15) is 22.8 Å². The molecule has 2 aromatic rings. The highest BCUT2D eigenvalue weighted by atomic mass is 19.4. The molecule has 1 aromatic carbocycles. The second-order valence-corrected chi connectivity index (χ2v) is 5.64. The maximum atomic E-state index is 12.5. The van der Waals surface area contributed by atoms with Crippen molar-refractivity contribution in [2.45, 2.75) is 32.0 Å². The van der Waals surface area contributed by atoms with Gasteiger partial charge in [-0.05, 0) is 31.5 Å². The van der Waals surface area contributed by atoms with Crippen molar-refractivity contribution in [3.05, 3.63) is 41.8 Å². The molecule has 0 aliphatic carbocycles. The number of nitrogens with two attached hydrogens (primary N) is 1. The summed E-state index contributed by atoms with van der Waals surface area (Å²) in [5.74, 6) is -1.57. The van der Waals surface area contributed by atoms with E-state index in [1.165, 1.54) is 6.92 Å². The van der Waals surface area contributed by atoms with Gasteiger partial charge in [-0.3, -0.25) is 9.59 Å². The average molecular weight is 370 g/mol. The first-order valence-corrected chi connectivity index (χ1v) is 7.57. The Hall–Kier alpha value is -3.04. The first-order valence-electron chi connectivity index (χ1n) is 7.57. The van der Waals surface area contributed by atoms with Crippen LogP contribution < -0.4 is 16.4 Å². The van der Waals surface area contributed by atoms with Crippen LogP contribution in [0.1, 0.15) is 31.0 Å². The number of nitrogens with one attached hydrogen (secondary N) is 2. The number of benzene rings is 1. The van der Waals surface area contributed by atoms with Gasteiger partial charge in [0.1, 0.15) is 12.3 Å². The van der Waals surface area contributed by atoms with Gasteiger partial charge in [0.2, 0.25) is 11.8 Å². The minimum atomic E-state index is -4.59. The van der Waals surface area contributed by atoms with Gasteiger partial charge in [-0.25, -0.2) is 0 Å². The Bertz CT molecular complexity index is 787. The average Bonchev–Trinajstić information content (AvgIpc) is 3.03. The molecule has 0 saturated heterocycles. The second kappa shape index (κ2) is 7.46. The van der Waals surface area contributed by atoms with Gasteiger partial charge in [-0.2, -0.15) is 18.2 Å². The molecule has 2 atom stereocenters. The minimum Gasteiger partial charge on any atom is -0.431 e. The van der Waals surface area contributed by atoms with Crippen molar-refractivity contribution in [1.82, 2.24) is 10.3 Å². The van der Waals surface area contributed by atoms with Crippen LogP contribution in [0.3, 0.4) is 0 Å². The molecule has 0 aliphatic heterocycles. The number of carbonyl (C=O) groups is 2. The third-order valence-electron chi connectivity index (χ3n) is 3.64. The van der Waals surface area contributed by atoms with E-state index in [1.807, 2.05) is 0 Å². The number of hydrogen-bond acceptors (Lipinski definition) is 5. The quantitative estimate of drug-likeness (QED) is 0.724. The number of rotatable bonds is 6. The Balaban J connectivity index is 2.02. The van der Waals surface area contributed by atoms with Crippen LogP contribution in [0.2, 0.25) is 0 Å². The van der Waals surface area contributed by atoms with E-state index in [0.29, 0.717) is 17.5 Å². The van der Waals surface area contributed by atoms with E-state index < -0.39 is 29.7 Å². The van der Waals surface area contributed by atoms with Gasteiger partial charge in [0.25, 0.3) is 6.01 Å². The highest BCUT2D eigenvalue weighted by molar-refractivity contribution is 5.89. The Kier molecular flexibility index (Phi) is 5.53. The number of amides is 2. The van der Waals surface area contributed by atoms with Gasteiger partial charge in [0, 0.05) is 5.69 Å². The first-order chi connectivity index (χ1) is 12.1. The van der Waals surface area contributed by atoms with Crippen molar-refractivity contribution in [1.29, 1.82) is 0 Å². The summed E-state index contributed by atoms with van der Waals surface area (Å²) in [4.78, 5) is 26.4. The topological polar surface area (TPSA) is 110 Å². The van der Waals surface area contributed by atoms with Gasteiger partial charge in [0.05, 0.1) is 5.92 Å². The summed E-state index contributed by atoms with van der Waals surface area (Å²) in [5.41, 5.74) is 5.04. The molecular formula is C16H17F3N4O3. The van der Waals surface area contributed by atoms with Gasteiger partial charge < -0.3 is 20.8 Å². The Morgan fingerprint density at radius 1 is 1.19 bits per heavy atom. The molecule has 0 radical (unpaired) electrons. The molecule has 0 spiro atoms. The van der Waals surface area contributed by atoms with Crippen LogP contribution in [0.5, 0.6) is 0 Å². The lowest BCUT2D eigenvalue weighted by Crippen LogP contribution is -2.43. The molecule has 7 nitrogen and oxygen atoms in total. The maximum absolute atomic E-state index is 12.5. The number of primary amides is 1. The standard InChI is InChI=1S/C16H17F3N4O3/c1-8(14(25)21-9(2)13(20)24)10-3-5-11(6-4-10)22-15-23-12(7-26-15)16(17,18)19/h3-9H,1-2H3,(H2,20,24)(H,21,25)(H,22,23)/t8?,9-/m0/s1. The van der Waals surface area contributed by atoms with Crippen molar-refractivity contribution in [2.24, 2.45) is 5.73 Å². The third-order valence-corrected chi connectivity index (χ3v) is 3.64. The van der Waals surface area contributed by atoms with E-state index in [4.69, 9.17) is 10.2 Å². The van der Waals surface area contributed by atoms with Crippen LogP contribution >= 0.6 is 0 Å². The Morgan fingerprint density at radius 2 is 1.81 bits per heavy atom. The van der Waals surface area contributed by atoms with Gasteiger partial charge >= 0.3 is 6.18 Å². The van der Waals surface area contributed by atoms with Crippen LogP contribution in [0, 0.1) is 0 Å². The highest BCUT2D eigenvalue weighted by Gasteiger charge is 2.34. The molecule has 4 N–H and O–H groups in total. The smallest absolute Gasteiger partial charge is 0.431 e. The second-order valence-electron chi connectivity index (χ2n) is 5.64. The van der Waals surface area contributed by atoms with E-state index in [0.717, 1.165) is 0 Å². The summed E-state index contributed by atoms with van der Waals surface area (Å²) in [6.45, 7) is 3.13. The summed E-state index contributed by atoms with van der Waals surface area (Å²) in [6.07, 6.45) is -4.07. The van der Waals surface area contributed by atoms with Crippen molar-refractivity contribution in [2.75, 3.05) is 5.32 Å². The fourth-order valence-electron chi connectivity index (χ4n) is 2.00. The summed E-state index contributed by atoms with van der Waals surface area (Å²) in [5, 5.41) is 5.09. The molecule has 0 fully saturated rings. The van der Waals surface area contributed by atoms with E-state index in [-0.39, 0.29) is 11.9 Å². The van der Waals surface area contributed by atoms with Crippen LogP contribution in [0.4, 0.5) is 24.9 Å². The predicted molar refractivity (Wildman–Crippen MR) is 86.4 cm³/mol. The zero-order chi connectivity index (χ0) is 19.5. The Morgan fingerprint density at radius 3 is 2.31 bits per heavy atom. The van der Waals surface area contributed by atoms with E-state index >= 15 is 0 Å². The molecule has 10 heteroatoms. The Labute approximate surface area is 146 Å². The zero-order valence-electron chi connectivity index (χ0n) is 13.9. The van der Waals surface area contributed by atoms with Crippen molar-refractivity contribution in [3.8, 4) is 0 Å². The molecule has 2 amide bonds. The molecular weight excluding hydrogens is 353 g/mol. The molecule has 2 rings (SSSR count). The SMILES string of the molecule is CC(C(=O)N[C@@H](C)C(N)=O)c1ccc(Nc2nc(C(F)(F)F)co2)cc1. The highest BCUT2D eigenvalue weighted by Crippen LogP contribution is 2.30. The van der Waals surface area contributed by atoms with Crippen molar-refractivity contribution in [3.63, 3.8) is 0 Å². The van der Waals surface area contributed by atoms with Crippen LogP contribution in [-0.4, -0.2) is 22.8 Å². The number of nitrogens with zero attached hydrogens (tertiary/aromatic N) is 1. The number of oxazole rings is 1. The third kappa shape index (κ3) is 4.74. The fourth-order valence-corrected chi connectivity index (χ4v) is 2.00. The van der Waals surface area contributed by atoms with Crippen molar-refractivity contribution < 1.29 is 27.2 Å². The van der Waals surface area contributed by atoms with E-state index in [1.54, 1.807) is 31.2 Å². The summed E-state index contributed by atoms with van der Waals surface area (Å²) in [6, 6.07) is 5.27. The number of aromatic nitrogens is 1. The molecule has 26 heavy (non-hydrogen) atoms. The number of carbonyl (C=O) groups excluding carboxylic acids is 2. The number of anilines is 2. The number of hydrogen-bond donors (Lipinski definition) is 3. The molecule has 0 bridgehead atoms. The maximum Gasteiger partial charge on any atom is 0.436 e. The van der Waals surface area contributed by atoms with Crippen LogP contribution in [-0.2, 0) is 15.8 Å². The summed E-state index contributed by atoms with van der Waals surface area (Å²) >= 11 is 0. The minimum absolute atomic E-state index is 0.300. The molecule has 0 saturated carbocycles. The molecule has 1 aromatic heterocycles. The van der Waals surface area contributed by atoms with Crippen molar-refractivity contribution >= 4 is 23.5 Å². The molecule has 1 unspecified atom stereocenters. The molecule has 140 valence electrons. The number of alkyl halides is 3. The lowest BCUT2D eigenvalue weighted by molar-refractivity contribution is -0.141. The molecule has 0 aliphatic rings. The van der Waals surface area contributed by atoms with Gasteiger partial charge in [-0.15, -0.1) is 0 Å². The molecule has 1 heterocycles. The predicted octanol–water partition coefficient (Wildman–Crippen LogP) is 2.53. The van der Waals surface area contributed by atoms with Crippen LogP contribution in [0.25, 0.3) is 0 Å². The summed E-state index contributed by atoms with van der Waals surface area (Å²) < 4.78 is 42.2. The fraction of sp³-hybridized carbons (Fsp3) is 0.312. The lowest BCUT2D eigenvalue weighted by atomic mass is 9.99. The lowest BCUT2D eigenvalue weighted by Gasteiger charge is -2.16. The largest absolute Gasteiger partial charge is 0.436 e. The zero-order valence-corrected chi connectivity index (χ0v) is 13.9. The van der Waals surface area contributed by atoms with Crippen LogP contribution in [0.15, 0.2) is 34.9 Å². The summed E-state index contributed by atoms with van der Waals surface area (Å²) in [7, 11) is 0.